The summed E-state index contributed by atoms with van der Waals surface area (Å²) < 4.78 is 6.28. The second kappa shape index (κ2) is 9.73. The number of nitrogens with zero attached hydrogens (tertiary/aromatic N) is 5. The number of aromatic nitrogens is 2. The van der Waals surface area contributed by atoms with E-state index in [1.807, 2.05) is 38.1 Å². The highest BCUT2D eigenvalue weighted by Crippen LogP contribution is 2.18. The zero-order valence-electron chi connectivity index (χ0n) is 16.2. The van der Waals surface area contributed by atoms with Crippen LogP contribution in [0.4, 0.5) is 5.95 Å². The Kier molecular flexibility index (Phi) is 7.65. The Labute approximate surface area is 152 Å². The van der Waals surface area contributed by atoms with Gasteiger partial charge in [-0.25, -0.2) is 4.98 Å². The van der Waals surface area contributed by atoms with E-state index in [4.69, 9.17) is 4.74 Å². The fourth-order valence-electron chi connectivity index (χ4n) is 3.02. The number of likely N-dealkylation sites (N-methyl/N-ethyl adjacent to an activating group) is 1. The molecule has 6 nitrogen and oxygen atoms in total. The SMILES string of the molecule is C=CCC[C@@H](CN1CCCN(C)CC1)Oc1cc(C)nc(N(C)C)n1. The molecule has 1 aliphatic heterocycles. The largest absolute Gasteiger partial charge is 0.473 e. The van der Waals surface area contributed by atoms with Crippen molar-refractivity contribution in [1.82, 2.24) is 19.8 Å². The summed E-state index contributed by atoms with van der Waals surface area (Å²) in [5.74, 6) is 1.35. The molecule has 0 N–H and O–H groups in total. The van der Waals surface area contributed by atoms with Crippen LogP contribution in [0, 0.1) is 6.92 Å². The Hall–Kier alpha value is -1.66. The summed E-state index contributed by atoms with van der Waals surface area (Å²) in [4.78, 5) is 15.8. The van der Waals surface area contributed by atoms with E-state index in [-0.39, 0.29) is 6.10 Å². The number of aryl methyl sites for hydroxylation is 1. The molecule has 0 radical (unpaired) electrons. The molecule has 25 heavy (non-hydrogen) atoms. The number of ether oxygens (including phenoxy) is 1. The van der Waals surface area contributed by atoms with E-state index in [0.29, 0.717) is 11.8 Å². The van der Waals surface area contributed by atoms with Gasteiger partial charge in [0.1, 0.15) is 6.10 Å². The molecule has 1 aromatic heterocycles. The molecule has 1 fully saturated rings. The lowest BCUT2D eigenvalue weighted by molar-refractivity contribution is 0.123. The lowest BCUT2D eigenvalue weighted by atomic mass is 10.1. The number of rotatable bonds is 8. The minimum absolute atomic E-state index is 0.116. The quantitative estimate of drug-likeness (QED) is 0.672. The molecule has 6 heteroatoms. The van der Waals surface area contributed by atoms with Gasteiger partial charge in [0.25, 0.3) is 0 Å². The van der Waals surface area contributed by atoms with E-state index < -0.39 is 0 Å². The van der Waals surface area contributed by atoms with Gasteiger partial charge in [-0.2, -0.15) is 4.98 Å². The lowest BCUT2D eigenvalue weighted by Crippen LogP contribution is -2.38. The molecule has 1 saturated heterocycles. The fraction of sp³-hybridized carbons (Fsp3) is 0.684. The average molecular weight is 348 g/mol. The van der Waals surface area contributed by atoms with Crippen molar-refractivity contribution in [3.05, 3.63) is 24.4 Å². The Bertz CT molecular complexity index is 549. The van der Waals surface area contributed by atoms with Crippen LogP contribution in [0.5, 0.6) is 5.88 Å². The average Bonchev–Trinajstić information content (AvgIpc) is 2.76. The minimum atomic E-state index is 0.116. The van der Waals surface area contributed by atoms with E-state index in [1.165, 1.54) is 13.0 Å². The van der Waals surface area contributed by atoms with Crippen LogP contribution < -0.4 is 9.64 Å². The summed E-state index contributed by atoms with van der Waals surface area (Å²) in [6.45, 7) is 11.3. The Morgan fingerprint density at radius 1 is 1.28 bits per heavy atom. The molecule has 140 valence electrons. The van der Waals surface area contributed by atoms with Crippen molar-refractivity contribution in [2.24, 2.45) is 0 Å². The fourth-order valence-corrected chi connectivity index (χ4v) is 3.02. The number of hydrogen-bond acceptors (Lipinski definition) is 6. The van der Waals surface area contributed by atoms with Gasteiger partial charge < -0.3 is 14.5 Å². The zero-order chi connectivity index (χ0) is 18.2. The maximum Gasteiger partial charge on any atom is 0.228 e. The third kappa shape index (κ3) is 6.63. The maximum absolute atomic E-state index is 6.28. The highest BCUT2D eigenvalue weighted by molar-refractivity contribution is 5.32. The minimum Gasteiger partial charge on any atom is -0.473 e. The molecule has 0 unspecified atom stereocenters. The van der Waals surface area contributed by atoms with Crippen molar-refractivity contribution in [2.45, 2.75) is 32.3 Å². The van der Waals surface area contributed by atoms with Crippen LogP contribution in [0.3, 0.4) is 0 Å². The van der Waals surface area contributed by atoms with Crippen molar-refractivity contribution in [1.29, 1.82) is 0 Å². The summed E-state index contributed by atoms with van der Waals surface area (Å²) in [7, 11) is 6.09. The molecule has 0 amide bonds. The molecular formula is C19H33N5O. The first-order valence-electron chi connectivity index (χ1n) is 9.19. The predicted molar refractivity (Wildman–Crippen MR) is 103 cm³/mol. The third-order valence-corrected chi connectivity index (χ3v) is 4.47. The topological polar surface area (TPSA) is 44.7 Å². The number of anilines is 1. The molecule has 1 aromatic rings. The Morgan fingerprint density at radius 2 is 2.08 bits per heavy atom. The van der Waals surface area contributed by atoms with Crippen molar-refractivity contribution in [3.63, 3.8) is 0 Å². The van der Waals surface area contributed by atoms with Gasteiger partial charge in [-0.3, -0.25) is 4.90 Å². The van der Waals surface area contributed by atoms with Crippen molar-refractivity contribution in [2.75, 3.05) is 58.8 Å². The van der Waals surface area contributed by atoms with E-state index in [0.717, 1.165) is 44.7 Å². The van der Waals surface area contributed by atoms with Gasteiger partial charge >= 0.3 is 0 Å². The number of allylic oxidation sites excluding steroid dienone is 1. The standard InChI is InChI=1S/C19H33N5O/c1-6-7-9-17(15-24-11-8-10-23(5)12-13-24)25-18-14-16(2)20-19(21-18)22(3)4/h6,14,17H,1,7-13,15H2,2-5H3/t17-/m0/s1. The molecule has 1 atom stereocenters. The van der Waals surface area contributed by atoms with Gasteiger partial charge in [-0.05, 0) is 46.3 Å². The second-order valence-electron chi connectivity index (χ2n) is 7.11. The summed E-state index contributed by atoms with van der Waals surface area (Å²) in [6, 6.07) is 1.92. The molecule has 1 aliphatic rings. The second-order valence-corrected chi connectivity index (χ2v) is 7.11. The molecular weight excluding hydrogens is 314 g/mol. The molecule has 2 rings (SSSR count). The van der Waals surface area contributed by atoms with Crippen molar-refractivity contribution < 1.29 is 4.74 Å². The molecule has 0 bridgehead atoms. The third-order valence-electron chi connectivity index (χ3n) is 4.47. The first-order chi connectivity index (χ1) is 12.0. The normalized spacial score (nSPS) is 17.8. The number of hydrogen-bond donors (Lipinski definition) is 0. The molecule has 0 aliphatic carbocycles. The van der Waals surface area contributed by atoms with Crippen LogP contribution in [0.1, 0.15) is 25.0 Å². The van der Waals surface area contributed by atoms with Crippen LogP contribution in [-0.4, -0.2) is 79.7 Å². The monoisotopic (exact) mass is 347 g/mol. The van der Waals surface area contributed by atoms with Gasteiger partial charge in [-0.15, -0.1) is 6.58 Å². The van der Waals surface area contributed by atoms with Crippen LogP contribution in [0.2, 0.25) is 0 Å². The van der Waals surface area contributed by atoms with Gasteiger partial charge in [0.2, 0.25) is 11.8 Å². The highest BCUT2D eigenvalue weighted by atomic mass is 16.5. The Balaban J connectivity index is 2.05. The summed E-state index contributed by atoms with van der Waals surface area (Å²) in [5, 5.41) is 0. The molecule has 0 saturated carbocycles. The zero-order valence-corrected chi connectivity index (χ0v) is 16.2. The summed E-state index contributed by atoms with van der Waals surface area (Å²) in [6.07, 6.45) is 5.19. The lowest BCUT2D eigenvalue weighted by Gasteiger charge is -2.27. The first kappa shape index (κ1) is 19.7. The van der Waals surface area contributed by atoms with Gasteiger partial charge in [0.15, 0.2) is 0 Å². The van der Waals surface area contributed by atoms with Gasteiger partial charge in [0, 0.05) is 45.5 Å². The summed E-state index contributed by atoms with van der Waals surface area (Å²) in [5.41, 5.74) is 0.924. The van der Waals surface area contributed by atoms with E-state index in [1.54, 1.807) is 0 Å². The molecule has 2 heterocycles. The van der Waals surface area contributed by atoms with Gasteiger partial charge in [0.05, 0.1) is 0 Å². The van der Waals surface area contributed by atoms with Crippen LogP contribution in [-0.2, 0) is 0 Å². The Morgan fingerprint density at radius 3 is 2.80 bits per heavy atom. The first-order valence-corrected chi connectivity index (χ1v) is 9.19. The van der Waals surface area contributed by atoms with E-state index in [2.05, 4.69) is 33.4 Å². The molecule has 0 aromatic carbocycles. The smallest absolute Gasteiger partial charge is 0.228 e. The van der Waals surface area contributed by atoms with Crippen LogP contribution >= 0.6 is 0 Å². The molecule has 0 spiro atoms. The van der Waals surface area contributed by atoms with E-state index in [9.17, 15) is 0 Å². The van der Waals surface area contributed by atoms with Crippen LogP contribution in [0.15, 0.2) is 18.7 Å². The van der Waals surface area contributed by atoms with Crippen molar-refractivity contribution in [3.8, 4) is 5.88 Å². The van der Waals surface area contributed by atoms with Crippen molar-refractivity contribution >= 4 is 5.95 Å². The van der Waals surface area contributed by atoms with E-state index >= 15 is 0 Å². The van der Waals surface area contributed by atoms with Gasteiger partial charge in [-0.1, -0.05) is 6.08 Å². The van der Waals surface area contributed by atoms with Crippen LogP contribution in [0.25, 0.3) is 0 Å². The highest BCUT2D eigenvalue weighted by Gasteiger charge is 2.19. The predicted octanol–water partition coefficient (Wildman–Crippen LogP) is 2.20. The summed E-state index contributed by atoms with van der Waals surface area (Å²) >= 11 is 0. The maximum atomic E-state index is 6.28.